The van der Waals surface area contributed by atoms with Crippen molar-refractivity contribution in [2.24, 2.45) is 0 Å². The Morgan fingerprint density at radius 1 is 1.20 bits per heavy atom. The summed E-state index contributed by atoms with van der Waals surface area (Å²) in [6.45, 7) is 5.75. The zero-order chi connectivity index (χ0) is 15.1. The van der Waals surface area contributed by atoms with E-state index in [0.717, 1.165) is 11.1 Å². The van der Waals surface area contributed by atoms with Crippen molar-refractivity contribution in [2.45, 2.75) is 32.7 Å². The first kappa shape index (κ1) is 15.0. The third kappa shape index (κ3) is 2.87. The van der Waals surface area contributed by atoms with Crippen LogP contribution in [0.5, 0.6) is 0 Å². The minimum Gasteiger partial charge on any atom is -0.335 e. The normalized spacial score (nSPS) is 24.6. The van der Waals surface area contributed by atoms with Gasteiger partial charge in [-0.1, -0.05) is 17.2 Å². The smallest absolute Gasteiger partial charge is 0.254 e. The van der Waals surface area contributed by atoms with Crippen LogP contribution in [0, 0.1) is 13.8 Å². The van der Waals surface area contributed by atoms with Crippen molar-refractivity contribution in [3.8, 4) is 0 Å². The van der Waals surface area contributed by atoms with Gasteiger partial charge in [0.1, 0.15) is 0 Å². The fraction of sp³-hybridized carbons (Fsp3) is 0.533. The van der Waals surface area contributed by atoms with E-state index in [1.54, 1.807) is 11.9 Å². The number of carbonyl (C=O) groups is 1. The van der Waals surface area contributed by atoms with Crippen LogP contribution in [0.3, 0.4) is 0 Å². The predicted octanol–water partition coefficient (Wildman–Crippen LogP) is 1.95. The Bertz CT molecular complexity index is 631. The quantitative estimate of drug-likeness (QED) is 0.838. The molecule has 0 aromatic heterocycles. The summed E-state index contributed by atoms with van der Waals surface area (Å²) in [5, 5.41) is 0. The lowest BCUT2D eigenvalue weighted by Crippen LogP contribution is -2.48. The van der Waals surface area contributed by atoms with Gasteiger partial charge in [0.15, 0.2) is 9.84 Å². The van der Waals surface area contributed by atoms with E-state index in [4.69, 9.17) is 0 Å². The molecule has 1 aromatic carbocycles. The molecule has 1 atom stereocenters. The van der Waals surface area contributed by atoms with Gasteiger partial charge >= 0.3 is 0 Å². The first-order chi connectivity index (χ1) is 9.13. The summed E-state index contributed by atoms with van der Waals surface area (Å²) >= 11 is 0. The number of hydrogen-bond acceptors (Lipinski definition) is 3. The summed E-state index contributed by atoms with van der Waals surface area (Å²) < 4.78 is 23.4. The molecule has 1 heterocycles. The van der Waals surface area contributed by atoms with Crippen molar-refractivity contribution >= 4 is 15.7 Å². The Morgan fingerprint density at radius 3 is 2.20 bits per heavy atom. The molecule has 0 aliphatic carbocycles. The van der Waals surface area contributed by atoms with E-state index in [0.29, 0.717) is 12.0 Å². The lowest BCUT2D eigenvalue weighted by atomic mass is 9.98. The van der Waals surface area contributed by atoms with Crippen molar-refractivity contribution in [3.05, 3.63) is 34.9 Å². The maximum Gasteiger partial charge on any atom is 0.254 e. The number of carbonyl (C=O) groups excluding carboxylic acids is 1. The first-order valence-electron chi connectivity index (χ1n) is 6.70. The van der Waals surface area contributed by atoms with Gasteiger partial charge in [0.05, 0.1) is 17.0 Å². The molecule has 0 spiro atoms. The van der Waals surface area contributed by atoms with E-state index in [2.05, 4.69) is 0 Å². The molecule has 1 aromatic rings. The highest BCUT2D eigenvalue weighted by molar-refractivity contribution is 7.91. The molecular formula is C15H21NO3S. The van der Waals surface area contributed by atoms with E-state index in [9.17, 15) is 13.2 Å². The lowest BCUT2D eigenvalue weighted by Gasteiger charge is -2.34. The van der Waals surface area contributed by atoms with Crippen LogP contribution in [0.2, 0.25) is 0 Å². The molecule has 0 N–H and O–H groups in total. The minimum absolute atomic E-state index is 0.0486. The van der Waals surface area contributed by atoms with E-state index in [-0.39, 0.29) is 17.4 Å². The van der Waals surface area contributed by atoms with Crippen LogP contribution in [0.15, 0.2) is 18.2 Å². The Hall–Kier alpha value is -1.36. The monoisotopic (exact) mass is 295 g/mol. The molecule has 1 aliphatic heterocycles. The lowest BCUT2D eigenvalue weighted by molar-refractivity contribution is 0.0638. The summed E-state index contributed by atoms with van der Waals surface area (Å²) in [7, 11) is -1.33. The number of sulfone groups is 1. The Morgan fingerprint density at radius 2 is 1.75 bits per heavy atom. The number of hydrogen-bond donors (Lipinski definition) is 0. The molecule has 4 nitrogen and oxygen atoms in total. The number of amides is 1. The molecule has 5 heteroatoms. The van der Waals surface area contributed by atoms with Crippen molar-refractivity contribution in [3.63, 3.8) is 0 Å². The number of aryl methyl sites for hydroxylation is 2. The molecule has 1 amide bonds. The van der Waals surface area contributed by atoms with Crippen LogP contribution in [0.4, 0.5) is 0 Å². The molecule has 110 valence electrons. The van der Waals surface area contributed by atoms with E-state index >= 15 is 0 Å². The topological polar surface area (TPSA) is 54.5 Å². The highest BCUT2D eigenvalue weighted by atomic mass is 32.2. The molecule has 0 bridgehead atoms. The van der Waals surface area contributed by atoms with Crippen LogP contribution in [0.25, 0.3) is 0 Å². The third-order valence-corrected chi connectivity index (χ3v) is 5.95. The molecule has 0 saturated carbocycles. The van der Waals surface area contributed by atoms with Crippen LogP contribution in [-0.4, -0.2) is 43.3 Å². The number of benzene rings is 1. The van der Waals surface area contributed by atoms with Crippen molar-refractivity contribution in [1.29, 1.82) is 0 Å². The average Bonchev–Trinajstić information content (AvgIpc) is 2.61. The van der Waals surface area contributed by atoms with Gasteiger partial charge in [-0.2, -0.15) is 0 Å². The first-order valence-corrected chi connectivity index (χ1v) is 8.52. The Balaban J connectivity index is 2.29. The zero-order valence-electron chi connectivity index (χ0n) is 12.4. The van der Waals surface area contributed by atoms with E-state index < -0.39 is 15.4 Å². The zero-order valence-corrected chi connectivity index (χ0v) is 13.3. The van der Waals surface area contributed by atoms with Gasteiger partial charge in [-0.25, -0.2) is 8.42 Å². The number of rotatable bonds is 2. The summed E-state index contributed by atoms with van der Waals surface area (Å²) in [4.78, 5) is 14.2. The molecule has 1 saturated heterocycles. The minimum atomic E-state index is -3.02. The molecular weight excluding hydrogens is 274 g/mol. The van der Waals surface area contributed by atoms with Crippen LogP contribution < -0.4 is 0 Å². The third-order valence-electron chi connectivity index (χ3n) is 4.07. The maximum absolute atomic E-state index is 12.6. The SMILES string of the molecule is Cc1cc(C)cc(C(=O)N(C)C2(C)CCS(=O)(=O)C2)c1. The predicted molar refractivity (Wildman–Crippen MR) is 79.7 cm³/mol. The van der Waals surface area contributed by atoms with Crippen LogP contribution >= 0.6 is 0 Å². The second kappa shape index (κ2) is 4.88. The second-order valence-corrected chi connectivity index (χ2v) is 8.26. The van der Waals surface area contributed by atoms with E-state index in [1.807, 2.05) is 39.0 Å². The van der Waals surface area contributed by atoms with Gasteiger partial charge in [0.25, 0.3) is 5.91 Å². The van der Waals surface area contributed by atoms with Crippen LogP contribution in [-0.2, 0) is 9.84 Å². The summed E-state index contributed by atoms with van der Waals surface area (Å²) in [5.41, 5.74) is 2.08. The summed E-state index contributed by atoms with van der Waals surface area (Å²) in [5.74, 6) is 0.0949. The molecule has 2 rings (SSSR count). The van der Waals surface area contributed by atoms with Gasteiger partial charge in [0.2, 0.25) is 0 Å². The number of nitrogens with zero attached hydrogens (tertiary/aromatic N) is 1. The second-order valence-electron chi connectivity index (χ2n) is 6.08. The van der Waals surface area contributed by atoms with Crippen molar-refractivity contribution in [2.75, 3.05) is 18.6 Å². The molecule has 1 fully saturated rings. The van der Waals surface area contributed by atoms with Crippen molar-refractivity contribution < 1.29 is 13.2 Å². The molecule has 0 radical (unpaired) electrons. The highest BCUT2D eigenvalue weighted by Gasteiger charge is 2.43. The fourth-order valence-corrected chi connectivity index (χ4v) is 4.98. The largest absolute Gasteiger partial charge is 0.335 e. The summed E-state index contributed by atoms with van der Waals surface area (Å²) in [6.07, 6.45) is 0.502. The molecule has 1 aliphatic rings. The van der Waals surface area contributed by atoms with Gasteiger partial charge in [-0.05, 0) is 39.3 Å². The van der Waals surface area contributed by atoms with Gasteiger partial charge in [0, 0.05) is 12.6 Å². The maximum atomic E-state index is 12.6. The van der Waals surface area contributed by atoms with Gasteiger partial charge in [-0.15, -0.1) is 0 Å². The van der Waals surface area contributed by atoms with E-state index in [1.165, 1.54) is 0 Å². The summed E-state index contributed by atoms with van der Waals surface area (Å²) in [6, 6.07) is 5.70. The van der Waals surface area contributed by atoms with Gasteiger partial charge < -0.3 is 4.90 Å². The fourth-order valence-electron chi connectivity index (χ4n) is 2.79. The average molecular weight is 295 g/mol. The Kier molecular flexibility index (Phi) is 3.67. The highest BCUT2D eigenvalue weighted by Crippen LogP contribution is 2.29. The van der Waals surface area contributed by atoms with Gasteiger partial charge in [-0.3, -0.25) is 4.79 Å². The Labute approximate surface area is 120 Å². The molecule has 20 heavy (non-hydrogen) atoms. The van der Waals surface area contributed by atoms with Crippen LogP contribution in [0.1, 0.15) is 34.8 Å². The van der Waals surface area contributed by atoms with Crippen molar-refractivity contribution in [1.82, 2.24) is 4.90 Å². The molecule has 1 unspecified atom stereocenters. The standard InChI is InChI=1S/C15H21NO3S/c1-11-7-12(2)9-13(8-11)14(17)16(4)15(3)5-6-20(18,19)10-15/h7-9H,5-6,10H2,1-4H3.